The molecule has 0 aliphatic heterocycles. The number of hydrogen-bond acceptors (Lipinski definition) is 3. The van der Waals surface area contributed by atoms with Crippen LogP contribution in [-0.2, 0) is 27.5 Å². The second kappa shape index (κ2) is 4.19. The molecule has 2 aliphatic carbocycles. The Kier molecular flexibility index (Phi) is 2.77. The van der Waals surface area contributed by atoms with Gasteiger partial charge in [0, 0.05) is 6.42 Å². The molecule has 0 N–H and O–H groups in total. The van der Waals surface area contributed by atoms with Crippen molar-refractivity contribution >= 4 is 15.6 Å². The molecule has 0 spiro atoms. The second-order valence-electron chi connectivity index (χ2n) is 5.18. The summed E-state index contributed by atoms with van der Waals surface area (Å²) in [6.07, 6.45) is 4.69. The highest BCUT2D eigenvalue weighted by Gasteiger charge is 2.37. The van der Waals surface area contributed by atoms with Crippen LogP contribution in [0.2, 0.25) is 0 Å². The van der Waals surface area contributed by atoms with Crippen molar-refractivity contribution in [3.05, 3.63) is 29.3 Å². The van der Waals surface area contributed by atoms with Crippen LogP contribution >= 0.6 is 0 Å². The van der Waals surface area contributed by atoms with E-state index >= 15 is 0 Å². The van der Waals surface area contributed by atoms with Crippen LogP contribution in [-0.4, -0.2) is 19.5 Å². The number of sulfone groups is 1. The van der Waals surface area contributed by atoms with Gasteiger partial charge >= 0.3 is 0 Å². The molecule has 3 nitrogen and oxygen atoms in total. The van der Waals surface area contributed by atoms with E-state index in [0.29, 0.717) is 24.2 Å². The minimum atomic E-state index is -3.46. The Morgan fingerprint density at radius 2 is 1.78 bits per heavy atom. The third kappa shape index (κ3) is 1.79. The van der Waals surface area contributed by atoms with Crippen molar-refractivity contribution in [2.45, 2.75) is 48.7 Å². The van der Waals surface area contributed by atoms with E-state index in [0.717, 1.165) is 24.8 Å². The number of rotatable bonds is 2. The molecule has 1 saturated carbocycles. The van der Waals surface area contributed by atoms with Crippen LogP contribution in [0, 0.1) is 0 Å². The number of benzene rings is 1. The molecule has 0 radical (unpaired) electrons. The standard InChI is InChI=1S/C14H16O3S/c15-13-5-2-6-14(13)18(16,17)12-8-7-10-3-1-4-11(10)9-12/h7-9,14H,1-6H2. The molecule has 0 heterocycles. The van der Waals surface area contributed by atoms with Gasteiger partial charge in [-0.05, 0) is 55.4 Å². The summed E-state index contributed by atoms with van der Waals surface area (Å²) in [7, 11) is -3.46. The van der Waals surface area contributed by atoms with E-state index in [-0.39, 0.29) is 5.78 Å². The number of hydrogen-bond donors (Lipinski definition) is 0. The summed E-state index contributed by atoms with van der Waals surface area (Å²) in [5.74, 6) is -0.115. The van der Waals surface area contributed by atoms with E-state index in [4.69, 9.17) is 0 Å². The fourth-order valence-electron chi connectivity index (χ4n) is 3.00. The smallest absolute Gasteiger partial charge is 0.188 e. The highest BCUT2D eigenvalue weighted by Crippen LogP contribution is 2.30. The lowest BCUT2D eigenvalue weighted by molar-refractivity contribution is -0.117. The molecule has 18 heavy (non-hydrogen) atoms. The van der Waals surface area contributed by atoms with Crippen molar-refractivity contribution in [1.29, 1.82) is 0 Å². The number of Topliss-reactive ketones (excluding diaryl/α,β-unsaturated/α-hetero) is 1. The van der Waals surface area contributed by atoms with Crippen LogP contribution in [0.15, 0.2) is 23.1 Å². The Labute approximate surface area is 107 Å². The molecule has 1 aromatic carbocycles. The maximum absolute atomic E-state index is 12.4. The van der Waals surface area contributed by atoms with E-state index in [1.54, 1.807) is 12.1 Å². The van der Waals surface area contributed by atoms with E-state index in [9.17, 15) is 13.2 Å². The van der Waals surface area contributed by atoms with Crippen LogP contribution in [0.5, 0.6) is 0 Å². The minimum Gasteiger partial charge on any atom is -0.298 e. The minimum absolute atomic E-state index is 0.115. The summed E-state index contributed by atoms with van der Waals surface area (Å²) >= 11 is 0. The van der Waals surface area contributed by atoms with Crippen molar-refractivity contribution in [2.24, 2.45) is 0 Å². The molecule has 2 aliphatic rings. The van der Waals surface area contributed by atoms with Crippen LogP contribution < -0.4 is 0 Å². The van der Waals surface area contributed by atoms with Crippen molar-refractivity contribution in [3.63, 3.8) is 0 Å². The summed E-state index contributed by atoms with van der Waals surface area (Å²) in [6, 6.07) is 5.36. The summed E-state index contributed by atoms with van der Waals surface area (Å²) < 4.78 is 24.8. The van der Waals surface area contributed by atoms with Gasteiger partial charge in [0.15, 0.2) is 15.6 Å². The van der Waals surface area contributed by atoms with Gasteiger partial charge in [-0.25, -0.2) is 8.42 Å². The van der Waals surface area contributed by atoms with Gasteiger partial charge in [-0.1, -0.05) is 6.07 Å². The number of carbonyl (C=O) groups is 1. The highest BCUT2D eigenvalue weighted by molar-refractivity contribution is 7.92. The van der Waals surface area contributed by atoms with Gasteiger partial charge in [-0.15, -0.1) is 0 Å². The Bertz CT molecular complexity index is 601. The molecule has 4 heteroatoms. The Morgan fingerprint density at radius 1 is 1.00 bits per heavy atom. The van der Waals surface area contributed by atoms with E-state index < -0.39 is 15.1 Å². The van der Waals surface area contributed by atoms with Gasteiger partial charge in [-0.2, -0.15) is 0 Å². The fourth-order valence-corrected chi connectivity index (χ4v) is 4.83. The van der Waals surface area contributed by atoms with Gasteiger partial charge in [0.25, 0.3) is 0 Å². The summed E-state index contributed by atoms with van der Waals surface area (Å²) in [4.78, 5) is 12.0. The number of ketones is 1. The molecule has 1 fully saturated rings. The number of aryl methyl sites for hydroxylation is 2. The van der Waals surface area contributed by atoms with Crippen LogP contribution in [0.4, 0.5) is 0 Å². The molecular formula is C14H16O3S. The monoisotopic (exact) mass is 264 g/mol. The molecule has 0 aromatic heterocycles. The third-order valence-corrected chi connectivity index (χ3v) is 6.18. The summed E-state index contributed by atoms with van der Waals surface area (Å²) in [5.41, 5.74) is 2.40. The first kappa shape index (κ1) is 11.9. The quantitative estimate of drug-likeness (QED) is 0.821. The number of carbonyl (C=O) groups excluding carboxylic acids is 1. The third-order valence-electron chi connectivity index (χ3n) is 4.02. The second-order valence-corrected chi connectivity index (χ2v) is 7.31. The Morgan fingerprint density at radius 3 is 2.50 bits per heavy atom. The maximum atomic E-state index is 12.4. The van der Waals surface area contributed by atoms with Crippen molar-refractivity contribution in [3.8, 4) is 0 Å². The predicted octanol–water partition coefficient (Wildman–Crippen LogP) is 2.07. The van der Waals surface area contributed by atoms with Crippen LogP contribution in [0.3, 0.4) is 0 Å². The highest BCUT2D eigenvalue weighted by atomic mass is 32.2. The molecular weight excluding hydrogens is 248 g/mol. The van der Waals surface area contributed by atoms with Crippen molar-refractivity contribution < 1.29 is 13.2 Å². The van der Waals surface area contributed by atoms with Crippen LogP contribution in [0.1, 0.15) is 36.8 Å². The molecule has 1 aromatic rings. The number of fused-ring (bicyclic) bond motifs is 1. The molecule has 1 unspecified atom stereocenters. The lowest BCUT2D eigenvalue weighted by atomic mass is 10.1. The summed E-state index contributed by atoms with van der Waals surface area (Å²) in [5, 5.41) is -0.794. The summed E-state index contributed by atoms with van der Waals surface area (Å²) in [6.45, 7) is 0. The molecule has 0 saturated heterocycles. The average Bonchev–Trinajstić information content (AvgIpc) is 2.95. The molecule has 0 bridgehead atoms. The van der Waals surface area contributed by atoms with Gasteiger partial charge in [0.05, 0.1) is 4.90 Å². The first-order valence-corrected chi connectivity index (χ1v) is 8.02. The SMILES string of the molecule is O=C1CCCC1S(=O)(=O)c1ccc2c(c1)CCC2. The lowest BCUT2D eigenvalue weighted by Crippen LogP contribution is -2.25. The zero-order valence-corrected chi connectivity index (χ0v) is 11.0. The molecule has 3 rings (SSSR count). The van der Waals surface area contributed by atoms with Crippen LogP contribution in [0.25, 0.3) is 0 Å². The average molecular weight is 264 g/mol. The van der Waals surface area contributed by atoms with Gasteiger partial charge in [0.2, 0.25) is 0 Å². The molecule has 96 valence electrons. The maximum Gasteiger partial charge on any atom is 0.188 e. The predicted molar refractivity (Wildman–Crippen MR) is 68.3 cm³/mol. The van der Waals surface area contributed by atoms with E-state index in [1.807, 2.05) is 6.07 Å². The normalized spacial score (nSPS) is 23.3. The lowest BCUT2D eigenvalue weighted by Gasteiger charge is -2.11. The zero-order valence-electron chi connectivity index (χ0n) is 10.2. The Hall–Kier alpha value is -1.16. The van der Waals surface area contributed by atoms with E-state index in [1.165, 1.54) is 5.56 Å². The van der Waals surface area contributed by atoms with Crippen molar-refractivity contribution in [1.82, 2.24) is 0 Å². The first-order chi connectivity index (χ1) is 8.59. The van der Waals surface area contributed by atoms with E-state index in [2.05, 4.69) is 0 Å². The molecule has 0 amide bonds. The Balaban J connectivity index is 2.01. The zero-order chi connectivity index (χ0) is 12.8. The van der Waals surface area contributed by atoms with Crippen molar-refractivity contribution in [2.75, 3.05) is 0 Å². The van der Waals surface area contributed by atoms with Gasteiger partial charge in [0.1, 0.15) is 5.25 Å². The largest absolute Gasteiger partial charge is 0.298 e. The van der Waals surface area contributed by atoms with Gasteiger partial charge in [-0.3, -0.25) is 4.79 Å². The first-order valence-electron chi connectivity index (χ1n) is 6.47. The van der Waals surface area contributed by atoms with Gasteiger partial charge < -0.3 is 0 Å². The topological polar surface area (TPSA) is 51.2 Å². The molecule has 1 atom stereocenters. The fraction of sp³-hybridized carbons (Fsp3) is 0.500.